The van der Waals surface area contributed by atoms with Crippen LogP contribution in [0.15, 0.2) is 72.9 Å². The Morgan fingerprint density at radius 2 is 0.964 bits per heavy atom. The van der Waals surface area contributed by atoms with Gasteiger partial charge in [-0.3, -0.25) is 18.6 Å². The lowest BCUT2D eigenvalue weighted by Gasteiger charge is -2.15. The van der Waals surface area contributed by atoms with Crippen LogP contribution in [0, 0.1) is 0 Å². The number of nitrogens with one attached hydrogen (secondary N) is 1. The Morgan fingerprint density at radius 1 is 0.554 bits per heavy atom. The van der Waals surface area contributed by atoms with Crippen LogP contribution < -0.4 is 5.32 Å². The Kier molecular flexibility index (Phi) is 40.2. The Bertz CT molecular complexity index is 1150. The fourth-order valence-corrected chi connectivity index (χ4v) is 6.27. The van der Waals surface area contributed by atoms with Gasteiger partial charge in [-0.25, -0.2) is 4.57 Å². The summed E-state index contributed by atoms with van der Waals surface area (Å²) in [6.07, 6.45) is 51.1. The van der Waals surface area contributed by atoms with E-state index in [4.69, 9.17) is 13.8 Å². The van der Waals surface area contributed by atoms with Crippen LogP contribution in [-0.2, 0) is 27.9 Å². The zero-order valence-electron chi connectivity index (χ0n) is 35.3. The highest BCUT2D eigenvalue weighted by molar-refractivity contribution is 7.47. The van der Waals surface area contributed by atoms with Crippen molar-refractivity contribution in [1.29, 1.82) is 0 Å². The molecular weight excluding hydrogens is 725 g/mol. The number of amides is 1. The molecule has 3 N–H and O–H groups in total. The first kappa shape index (κ1) is 53.5. The number of aliphatic hydroxyl groups excluding tert-OH is 1. The van der Waals surface area contributed by atoms with Gasteiger partial charge in [0.1, 0.15) is 12.7 Å². The van der Waals surface area contributed by atoms with Gasteiger partial charge in [-0.2, -0.15) is 0 Å². The van der Waals surface area contributed by atoms with Crippen molar-refractivity contribution in [2.45, 2.75) is 180 Å². The molecule has 9 nitrogen and oxygen atoms in total. The van der Waals surface area contributed by atoms with E-state index in [1.165, 1.54) is 57.8 Å². The summed E-state index contributed by atoms with van der Waals surface area (Å²) in [5.74, 6) is -0.566. The highest BCUT2D eigenvalue weighted by Crippen LogP contribution is 2.42. The second-order valence-corrected chi connectivity index (χ2v) is 15.8. The van der Waals surface area contributed by atoms with Gasteiger partial charge in [-0.1, -0.05) is 145 Å². The SMILES string of the molecule is CCCCC/C=C\C/C=C\C/C=C\C/C=C\CCCCCC(=O)OCC(O)COP(=O)(O)OCCNC(=O)CCCCCCC/C=C\C/C=C\CCCCCC. The highest BCUT2D eigenvalue weighted by Gasteiger charge is 2.23. The van der Waals surface area contributed by atoms with Crippen LogP contribution in [0.5, 0.6) is 0 Å². The summed E-state index contributed by atoms with van der Waals surface area (Å²) in [5.41, 5.74) is 0. The van der Waals surface area contributed by atoms with Crippen molar-refractivity contribution in [3.63, 3.8) is 0 Å². The van der Waals surface area contributed by atoms with Crippen LogP contribution in [0.4, 0.5) is 0 Å². The Labute approximate surface area is 341 Å². The van der Waals surface area contributed by atoms with Gasteiger partial charge < -0.3 is 20.1 Å². The maximum absolute atomic E-state index is 12.1. The molecule has 0 aliphatic rings. The van der Waals surface area contributed by atoms with E-state index in [-0.39, 0.29) is 32.1 Å². The van der Waals surface area contributed by atoms with Crippen molar-refractivity contribution in [2.75, 3.05) is 26.4 Å². The molecule has 0 aliphatic heterocycles. The molecule has 10 heteroatoms. The molecule has 0 aliphatic carbocycles. The van der Waals surface area contributed by atoms with Gasteiger partial charge in [0, 0.05) is 19.4 Å². The smallest absolute Gasteiger partial charge is 0.463 e. The van der Waals surface area contributed by atoms with Crippen molar-refractivity contribution in [1.82, 2.24) is 5.32 Å². The van der Waals surface area contributed by atoms with E-state index in [1.54, 1.807) is 0 Å². The maximum Gasteiger partial charge on any atom is 0.472 e. The number of unbranched alkanes of at least 4 members (excludes halogenated alkanes) is 15. The van der Waals surface area contributed by atoms with Crippen molar-refractivity contribution < 1.29 is 37.9 Å². The number of hydrogen-bond donors (Lipinski definition) is 3. The molecule has 56 heavy (non-hydrogen) atoms. The lowest BCUT2D eigenvalue weighted by atomic mass is 10.1. The average Bonchev–Trinajstić information content (AvgIpc) is 3.18. The minimum Gasteiger partial charge on any atom is -0.463 e. The number of carbonyl (C=O) groups excluding carboxylic acids is 2. The summed E-state index contributed by atoms with van der Waals surface area (Å²) in [6, 6.07) is 0. The molecule has 2 unspecified atom stereocenters. The van der Waals surface area contributed by atoms with Gasteiger partial charge in [-0.05, 0) is 89.9 Å². The largest absolute Gasteiger partial charge is 0.472 e. The number of carbonyl (C=O) groups is 2. The molecule has 2 atom stereocenters. The number of hydrogen-bond acceptors (Lipinski definition) is 7. The Hall–Kier alpha value is -2.55. The average molecular weight is 806 g/mol. The molecule has 0 aromatic rings. The van der Waals surface area contributed by atoms with E-state index in [9.17, 15) is 24.2 Å². The van der Waals surface area contributed by atoms with Crippen LogP contribution in [0.2, 0.25) is 0 Å². The number of ether oxygens (including phenoxy) is 1. The second-order valence-electron chi connectivity index (χ2n) is 14.3. The maximum atomic E-state index is 12.1. The zero-order valence-corrected chi connectivity index (χ0v) is 36.2. The predicted molar refractivity (Wildman–Crippen MR) is 233 cm³/mol. The van der Waals surface area contributed by atoms with E-state index in [0.717, 1.165) is 83.5 Å². The molecule has 0 radical (unpaired) electrons. The number of phosphoric acid groups is 1. The number of allylic oxidation sites excluding steroid dienone is 12. The van der Waals surface area contributed by atoms with Crippen molar-refractivity contribution in [2.24, 2.45) is 0 Å². The van der Waals surface area contributed by atoms with Crippen molar-refractivity contribution in [3.8, 4) is 0 Å². The molecule has 0 saturated carbocycles. The molecule has 0 rings (SSSR count). The minimum absolute atomic E-state index is 0.0663. The van der Waals surface area contributed by atoms with Gasteiger partial charge in [-0.15, -0.1) is 0 Å². The molecule has 0 spiro atoms. The first-order valence-corrected chi connectivity index (χ1v) is 23.4. The van der Waals surface area contributed by atoms with E-state index in [0.29, 0.717) is 12.8 Å². The summed E-state index contributed by atoms with van der Waals surface area (Å²) < 4.78 is 26.8. The van der Waals surface area contributed by atoms with Crippen LogP contribution in [0.1, 0.15) is 174 Å². The zero-order chi connectivity index (χ0) is 41.1. The van der Waals surface area contributed by atoms with E-state index in [1.807, 2.05) is 0 Å². The van der Waals surface area contributed by atoms with E-state index < -0.39 is 26.5 Å². The molecule has 0 fully saturated rings. The lowest BCUT2D eigenvalue weighted by Crippen LogP contribution is -2.27. The van der Waals surface area contributed by atoms with Gasteiger partial charge in [0.2, 0.25) is 5.91 Å². The van der Waals surface area contributed by atoms with E-state index >= 15 is 0 Å². The van der Waals surface area contributed by atoms with Gasteiger partial charge in [0.05, 0.1) is 13.2 Å². The molecule has 0 aromatic heterocycles. The molecule has 0 heterocycles. The van der Waals surface area contributed by atoms with Crippen LogP contribution in [0.25, 0.3) is 0 Å². The first-order chi connectivity index (χ1) is 27.3. The second kappa shape index (κ2) is 42.1. The third-order valence-corrected chi connectivity index (χ3v) is 9.84. The summed E-state index contributed by atoms with van der Waals surface area (Å²) >= 11 is 0. The number of rotatable bonds is 40. The van der Waals surface area contributed by atoms with Crippen LogP contribution in [-0.4, -0.2) is 54.3 Å². The third-order valence-electron chi connectivity index (χ3n) is 8.86. The first-order valence-electron chi connectivity index (χ1n) is 21.9. The molecule has 0 bridgehead atoms. The molecule has 0 aromatic carbocycles. The summed E-state index contributed by atoms with van der Waals surface area (Å²) in [7, 11) is -4.43. The summed E-state index contributed by atoms with van der Waals surface area (Å²) in [4.78, 5) is 33.9. The van der Waals surface area contributed by atoms with Crippen molar-refractivity contribution >= 4 is 19.7 Å². The number of esters is 1. The highest BCUT2D eigenvalue weighted by atomic mass is 31.2. The van der Waals surface area contributed by atoms with Crippen LogP contribution in [0.3, 0.4) is 0 Å². The van der Waals surface area contributed by atoms with Gasteiger partial charge in [0.15, 0.2) is 0 Å². The minimum atomic E-state index is -4.43. The Morgan fingerprint density at radius 3 is 1.50 bits per heavy atom. The van der Waals surface area contributed by atoms with Crippen molar-refractivity contribution in [3.05, 3.63) is 72.9 Å². The fraction of sp³-hybridized carbons (Fsp3) is 0.696. The molecule has 0 saturated heterocycles. The standard InChI is InChI=1S/C46H80NO8P/c1-3-5-7-9-11-13-15-17-19-21-22-23-25-27-29-31-33-35-37-39-46(50)53-42-44(48)43-55-56(51,52)54-41-40-47-45(49)38-36-34-32-30-28-26-24-20-18-16-14-12-10-8-6-4-2/h11,13-14,16-17,19-20,22-24,27,29,44,48H,3-10,12,15,18,21,25-26,28,30-43H2,1-2H3,(H,47,49)(H,51,52)/b13-11-,16-14-,19-17-,23-22-,24-20-,29-27-. The van der Waals surface area contributed by atoms with Gasteiger partial charge in [0.25, 0.3) is 0 Å². The quantitative estimate of drug-likeness (QED) is 0.0241. The Balaban J connectivity index is 3.70. The third kappa shape index (κ3) is 42.6. The predicted octanol–water partition coefficient (Wildman–Crippen LogP) is 12.3. The summed E-state index contributed by atoms with van der Waals surface area (Å²) in [5, 5.41) is 12.7. The lowest BCUT2D eigenvalue weighted by molar-refractivity contribution is -0.147. The van der Waals surface area contributed by atoms with E-state index in [2.05, 4.69) is 92.1 Å². The molecule has 1 amide bonds. The monoisotopic (exact) mass is 806 g/mol. The fourth-order valence-electron chi connectivity index (χ4n) is 5.51. The van der Waals surface area contributed by atoms with Crippen LogP contribution >= 0.6 is 7.82 Å². The normalized spacial score (nSPS) is 14.0. The molecular formula is C46H80NO8P. The molecule has 322 valence electrons. The number of aliphatic hydroxyl groups is 1. The summed E-state index contributed by atoms with van der Waals surface area (Å²) in [6.45, 7) is 3.44. The topological polar surface area (TPSA) is 131 Å². The number of phosphoric ester groups is 1. The van der Waals surface area contributed by atoms with Gasteiger partial charge >= 0.3 is 13.8 Å².